The minimum atomic E-state index is 0.577. The number of rotatable bonds is 9. The van der Waals surface area contributed by atoms with E-state index < -0.39 is 0 Å². The highest BCUT2D eigenvalue weighted by molar-refractivity contribution is 7.99. The summed E-state index contributed by atoms with van der Waals surface area (Å²) in [6.45, 7) is 7.40. The second-order valence-electron chi connectivity index (χ2n) is 13.1. The molecule has 0 unspecified atom stereocenters. The molecule has 0 atom stereocenters. The molecule has 9 rings (SSSR count). The first kappa shape index (κ1) is 35.1. The Labute approximate surface area is 334 Å². The third kappa shape index (κ3) is 7.96. The fraction of sp³-hybridized carbons (Fsp3) is 0. The molecule has 8 heteroatoms. The van der Waals surface area contributed by atoms with Gasteiger partial charge in [0.1, 0.15) is 0 Å². The van der Waals surface area contributed by atoms with E-state index in [1.807, 2.05) is 164 Å². The molecule has 0 aliphatic carbocycles. The summed E-state index contributed by atoms with van der Waals surface area (Å²) in [5.74, 6) is 3.61. The molecule has 0 aliphatic rings. The van der Waals surface area contributed by atoms with E-state index in [1.54, 1.807) is 11.8 Å². The fourth-order valence-electron chi connectivity index (χ4n) is 6.39. The van der Waals surface area contributed by atoms with Gasteiger partial charge in [-0.2, -0.15) is 0 Å². The average molecular weight is 750 g/mol. The first-order valence-corrected chi connectivity index (χ1v) is 19.1. The molecule has 268 valence electrons. The third-order valence-corrected chi connectivity index (χ3v) is 10.2. The van der Waals surface area contributed by atoms with E-state index in [4.69, 9.17) is 36.5 Å². The summed E-state index contributed by atoms with van der Waals surface area (Å²) in [6.07, 6.45) is 0. The van der Waals surface area contributed by atoms with Crippen molar-refractivity contribution in [2.24, 2.45) is 0 Å². The van der Waals surface area contributed by atoms with Gasteiger partial charge in [0.2, 0.25) is 0 Å². The van der Waals surface area contributed by atoms with Crippen molar-refractivity contribution in [2.45, 2.75) is 9.79 Å². The summed E-state index contributed by atoms with van der Waals surface area (Å²) in [6, 6.07) is 62.2. The summed E-state index contributed by atoms with van der Waals surface area (Å²) < 4.78 is 0. The summed E-state index contributed by atoms with van der Waals surface area (Å²) >= 11 is 1.65. The Morgan fingerprint density at radius 2 is 0.632 bits per heavy atom. The highest BCUT2D eigenvalue weighted by atomic mass is 32.2. The summed E-state index contributed by atoms with van der Waals surface area (Å²) in [5, 5.41) is 0. The Balaban J connectivity index is 1.04. The van der Waals surface area contributed by atoms with E-state index >= 15 is 0 Å². The fourth-order valence-corrected chi connectivity index (χ4v) is 7.33. The molecule has 0 N–H and O–H groups in total. The molecule has 9 aromatic rings. The van der Waals surface area contributed by atoms with Crippen LogP contribution < -0.4 is 0 Å². The molecule has 57 heavy (non-hydrogen) atoms. The first-order chi connectivity index (χ1) is 28.1. The van der Waals surface area contributed by atoms with Crippen molar-refractivity contribution < 1.29 is 0 Å². The minimum Gasteiger partial charge on any atom is -0.238 e. The van der Waals surface area contributed by atoms with Crippen LogP contribution in [0.3, 0.4) is 0 Å². The largest absolute Gasteiger partial charge is 0.238 e. The van der Waals surface area contributed by atoms with Crippen LogP contribution in [0.1, 0.15) is 0 Å². The number of hydrogen-bond donors (Lipinski definition) is 0. The van der Waals surface area contributed by atoms with Crippen molar-refractivity contribution in [1.82, 2.24) is 29.9 Å². The van der Waals surface area contributed by atoms with Gasteiger partial charge in [0.25, 0.3) is 0 Å². The molecule has 0 aliphatic heterocycles. The van der Waals surface area contributed by atoms with Gasteiger partial charge in [-0.25, -0.2) is 34.7 Å². The van der Waals surface area contributed by atoms with E-state index in [1.165, 1.54) is 0 Å². The van der Waals surface area contributed by atoms with E-state index in [9.17, 15) is 0 Å². The van der Waals surface area contributed by atoms with Gasteiger partial charge in [-0.15, -0.1) is 0 Å². The van der Waals surface area contributed by atoms with Crippen LogP contribution in [0.15, 0.2) is 198 Å². The smallest absolute Gasteiger partial charge is 0.187 e. The van der Waals surface area contributed by atoms with Crippen molar-refractivity contribution in [1.29, 1.82) is 0 Å². The predicted octanol–water partition coefficient (Wildman–Crippen LogP) is 12.4. The highest BCUT2D eigenvalue weighted by Crippen LogP contribution is 2.34. The van der Waals surface area contributed by atoms with Crippen molar-refractivity contribution in [3.63, 3.8) is 0 Å². The van der Waals surface area contributed by atoms with Crippen LogP contribution in [0.5, 0.6) is 0 Å². The second kappa shape index (κ2) is 16.0. The van der Waals surface area contributed by atoms with Crippen LogP contribution in [-0.2, 0) is 0 Å². The zero-order chi connectivity index (χ0) is 38.4. The van der Waals surface area contributed by atoms with Gasteiger partial charge in [-0.05, 0) is 41.5 Å². The van der Waals surface area contributed by atoms with Crippen LogP contribution in [0.4, 0.5) is 5.69 Å². The topological polar surface area (TPSA) is 81.7 Å². The van der Waals surface area contributed by atoms with E-state index in [2.05, 4.69) is 29.1 Å². The van der Waals surface area contributed by atoms with Gasteiger partial charge >= 0.3 is 0 Å². The molecule has 2 aromatic heterocycles. The lowest BCUT2D eigenvalue weighted by Gasteiger charge is -2.11. The van der Waals surface area contributed by atoms with Crippen LogP contribution in [0.2, 0.25) is 0 Å². The Kier molecular flexibility index (Phi) is 9.87. The highest BCUT2D eigenvalue weighted by Gasteiger charge is 2.15. The molecule has 7 nitrogen and oxygen atoms in total. The summed E-state index contributed by atoms with van der Waals surface area (Å²) in [5.41, 5.74) is 8.01. The van der Waals surface area contributed by atoms with Crippen molar-refractivity contribution >= 4 is 17.4 Å². The normalized spacial score (nSPS) is 10.9. The lowest BCUT2D eigenvalue weighted by molar-refractivity contribution is 1.07. The Morgan fingerprint density at radius 3 is 1.05 bits per heavy atom. The van der Waals surface area contributed by atoms with Gasteiger partial charge in [0.05, 0.1) is 6.57 Å². The molecule has 0 amide bonds. The van der Waals surface area contributed by atoms with Gasteiger partial charge in [0, 0.05) is 43.2 Å². The molecule has 0 spiro atoms. The minimum absolute atomic E-state index is 0.577. The molecule has 0 radical (unpaired) electrons. The van der Waals surface area contributed by atoms with Gasteiger partial charge in [-0.3, -0.25) is 0 Å². The van der Waals surface area contributed by atoms with Crippen LogP contribution in [0.25, 0.3) is 84.3 Å². The van der Waals surface area contributed by atoms with E-state index in [0.29, 0.717) is 40.6 Å². The lowest BCUT2D eigenvalue weighted by Crippen LogP contribution is -2.00. The summed E-state index contributed by atoms with van der Waals surface area (Å²) in [4.78, 5) is 35.3. The van der Waals surface area contributed by atoms with Crippen LogP contribution >= 0.6 is 11.8 Å². The van der Waals surface area contributed by atoms with Gasteiger partial charge in [-0.1, -0.05) is 169 Å². The standard InChI is InChI=1S/C49H31N7S/c1-50-41-23-11-20-38(30-41)33-26-28-37(29-27-33)47-52-46(36-18-9-4-10-19-36)55-49(56-47)40-22-13-25-43(32-40)57-42-24-12-21-39(31-42)48-53-44(34-14-5-2-6-15-34)51-45(54-48)35-16-7-3-8-17-35/h2-32H. The zero-order valence-corrected chi connectivity index (χ0v) is 31.3. The monoisotopic (exact) mass is 749 g/mol. The van der Waals surface area contributed by atoms with E-state index in [-0.39, 0.29) is 0 Å². The predicted molar refractivity (Wildman–Crippen MR) is 228 cm³/mol. The molecular weight excluding hydrogens is 719 g/mol. The quantitative estimate of drug-likeness (QED) is 0.136. The molecule has 0 fully saturated rings. The molecular formula is C49H31N7S. The Bertz CT molecular complexity index is 2820. The molecule has 2 heterocycles. The second-order valence-corrected chi connectivity index (χ2v) is 14.3. The number of nitrogens with zero attached hydrogens (tertiary/aromatic N) is 7. The SMILES string of the molecule is [C-]#[N+]c1cccc(-c2ccc(-c3nc(-c4ccccc4)nc(-c4cccc(Sc5cccc(-c6nc(-c7ccccc7)nc(-c7ccccc7)n6)c5)c4)n3)cc2)c1. The maximum Gasteiger partial charge on any atom is 0.187 e. The molecule has 0 bridgehead atoms. The number of benzene rings is 7. The maximum absolute atomic E-state index is 7.40. The average Bonchev–Trinajstić information content (AvgIpc) is 3.30. The zero-order valence-electron chi connectivity index (χ0n) is 30.4. The van der Waals surface area contributed by atoms with Gasteiger partial charge in [0.15, 0.2) is 40.6 Å². The van der Waals surface area contributed by atoms with Crippen molar-refractivity contribution in [3.05, 3.63) is 199 Å². The lowest BCUT2D eigenvalue weighted by atomic mass is 10.0. The van der Waals surface area contributed by atoms with Crippen molar-refractivity contribution in [2.75, 3.05) is 0 Å². The maximum atomic E-state index is 7.40. The first-order valence-electron chi connectivity index (χ1n) is 18.3. The third-order valence-electron chi connectivity index (χ3n) is 9.24. The van der Waals surface area contributed by atoms with Crippen molar-refractivity contribution in [3.8, 4) is 79.5 Å². The number of hydrogen-bond acceptors (Lipinski definition) is 7. The number of aromatic nitrogens is 6. The Hall–Kier alpha value is -7.60. The summed E-state index contributed by atoms with van der Waals surface area (Å²) in [7, 11) is 0. The Morgan fingerprint density at radius 1 is 0.298 bits per heavy atom. The molecule has 0 saturated carbocycles. The van der Waals surface area contributed by atoms with Crippen LogP contribution in [-0.4, -0.2) is 29.9 Å². The van der Waals surface area contributed by atoms with Crippen LogP contribution in [0, 0.1) is 6.57 Å². The molecule has 7 aromatic carbocycles. The molecule has 0 saturated heterocycles. The van der Waals surface area contributed by atoms with E-state index in [0.717, 1.165) is 54.3 Å². The van der Waals surface area contributed by atoms with Gasteiger partial charge < -0.3 is 0 Å².